The van der Waals surface area contributed by atoms with Crippen molar-refractivity contribution in [1.29, 1.82) is 0 Å². The summed E-state index contributed by atoms with van der Waals surface area (Å²) in [5, 5.41) is 3.92. The van der Waals surface area contributed by atoms with Crippen LogP contribution in [-0.4, -0.2) is 85.1 Å². The van der Waals surface area contributed by atoms with Gasteiger partial charge in [0.15, 0.2) is 0 Å². The van der Waals surface area contributed by atoms with Crippen LogP contribution in [0.3, 0.4) is 0 Å². The molecule has 0 radical (unpaired) electrons. The third-order valence-electron chi connectivity index (χ3n) is 7.54. The number of hydrogen-bond acceptors (Lipinski definition) is 11. The standard InChI is InChI=1S/C31H33N7O4S2/c1-36(2)11-12-38-29-23(16-26(30(38)39)22-5-4-6-25(15-22)44(40,41)28-18-32-20-43-28)17-33-31(35-29)34-24-9-7-21(8-10-24)27-19-37(3)13-14-42-27/h4-10,15-18,20,27H,11-14,19H2,1-3H3,(H,33,34,35). The number of rotatable bonds is 9. The van der Waals surface area contributed by atoms with E-state index in [1.807, 2.05) is 43.3 Å². The number of benzene rings is 2. The second kappa shape index (κ2) is 12.5. The number of pyridine rings is 1. The number of thiazole rings is 1. The molecule has 0 amide bonds. The van der Waals surface area contributed by atoms with Crippen molar-refractivity contribution in [3.63, 3.8) is 0 Å². The van der Waals surface area contributed by atoms with E-state index in [1.165, 1.54) is 23.8 Å². The Morgan fingerprint density at radius 2 is 1.93 bits per heavy atom. The highest BCUT2D eigenvalue weighted by Crippen LogP contribution is 2.29. The summed E-state index contributed by atoms with van der Waals surface area (Å²) in [5.41, 5.74) is 4.49. The van der Waals surface area contributed by atoms with E-state index in [1.54, 1.807) is 29.0 Å². The van der Waals surface area contributed by atoms with Gasteiger partial charge in [-0.3, -0.25) is 14.3 Å². The number of fused-ring (bicyclic) bond motifs is 1. The molecule has 0 spiro atoms. The van der Waals surface area contributed by atoms with Crippen LogP contribution in [0.4, 0.5) is 11.6 Å². The van der Waals surface area contributed by atoms with Crippen molar-refractivity contribution < 1.29 is 13.2 Å². The van der Waals surface area contributed by atoms with Crippen LogP contribution in [0.25, 0.3) is 22.2 Å². The lowest BCUT2D eigenvalue weighted by Gasteiger charge is -2.30. The molecule has 2 aromatic carbocycles. The van der Waals surface area contributed by atoms with E-state index in [9.17, 15) is 13.2 Å². The number of hydrogen-bond donors (Lipinski definition) is 1. The van der Waals surface area contributed by atoms with Gasteiger partial charge in [0.05, 0.1) is 29.3 Å². The number of nitrogens with zero attached hydrogens (tertiary/aromatic N) is 6. The first-order valence-electron chi connectivity index (χ1n) is 14.2. The zero-order valence-electron chi connectivity index (χ0n) is 24.7. The van der Waals surface area contributed by atoms with Crippen LogP contribution in [0.15, 0.2) is 86.4 Å². The number of likely N-dealkylation sites (N-methyl/N-ethyl adjacent to an activating group) is 2. The lowest BCUT2D eigenvalue weighted by Crippen LogP contribution is -2.35. The molecule has 4 heterocycles. The minimum atomic E-state index is -3.76. The average molecular weight is 632 g/mol. The predicted molar refractivity (Wildman–Crippen MR) is 171 cm³/mol. The van der Waals surface area contributed by atoms with E-state index in [4.69, 9.17) is 9.72 Å². The maximum absolute atomic E-state index is 14.0. The van der Waals surface area contributed by atoms with Crippen molar-refractivity contribution in [2.24, 2.45) is 0 Å². The molecule has 11 nitrogen and oxygen atoms in total. The number of ether oxygens (including phenoxy) is 1. The molecule has 0 aliphatic carbocycles. The molecule has 1 fully saturated rings. The van der Waals surface area contributed by atoms with Crippen molar-refractivity contribution in [3.8, 4) is 11.1 Å². The summed E-state index contributed by atoms with van der Waals surface area (Å²) >= 11 is 1.05. The van der Waals surface area contributed by atoms with Crippen molar-refractivity contribution in [2.45, 2.75) is 21.8 Å². The Morgan fingerprint density at radius 3 is 2.66 bits per heavy atom. The fourth-order valence-electron chi connectivity index (χ4n) is 5.11. The SMILES string of the molecule is CN(C)CCn1c(=O)c(-c2cccc(S(=O)(=O)c3cncs3)c2)cc2cnc(Nc3ccc(C4CN(C)CCO4)cc3)nc21. The molecule has 1 saturated heterocycles. The Balaban J connectivity index is 1.34. The van der Waals surface area contributed by atoms with Crippen LogP contribution in [-0.2, 0) is 21.1 Å². The molecule has 5 aromatic rings. The largest absolute Gasteiger partial charge is 0.371 e. The molecule has 0 bridgehead atoms. The van der Waals surface area contributed by atoms with E-state index in [2.05, 4.69) is 27.2 Å². The highest BCUT2D eigenvalue weighted by molar-refractivity contribution is 7.93. The third-order valence-corrected chi connectivity index (χ3v) is 10.6. The van der Waals surface area contributed by atoms with Gasteiger partial charge in [0, 0.05) is 49.0 Å². The molecule has 0 saturated carbocycles. The van der Waals surface area contributed by atoms with E-state index in [0.29, 0.717) is 47.8 Å². The fourth-order valence-corrected chi connectivity index (χ4v) is 7.35. The van der Waals surface area contributed by atoms with Gasteiger partial charge in [0.25, 0.3) is 5.56 Å². The first-order valence-corrected chi connectivity index (χ1v) is 16.5. The maximum atomic E-state index is 14.0. The number of aromatic nitrogens is 4. The zero-order valence-corrected chi connectivity index (χ0v) is 26.3. The van der Waals surface area contributed by atoms with Crippen molar-refractivity contribution >= 4 is 43.8 Å². The van der Waals surface area contributed by atoms with Gasteiger partial charge in [-0.05, 0) is 62.6 Å². The number of morpholine rings is 1. The van der Waals surface area contributed by atoms with Crippen LogP contribution < -0.4 is 10.9 Å². The summed E-state index contributed by atoms with van der Waals surface area (Å²) in [6, 6.07) is 16.2. The van der Waals surface area contributed by atoms with Gasteiger partial charge in [-0.15, -0.1) is 11.3 Å². The van der Waals surface area contributed by atoms with Gasteiger partial charge in [-0.25, -0.2) is 13.4 Å². The van der Waals surface area contributed by atoms with Crippen LogP contribution in [0.2, 0.25) is 0 Å². The van der Waals surface area contributed by atoms with Crippen LogP contribution >= 0.6 is 11.3 Å². The summed E-state index contributed by atoms with van der Waals surface area (Å²) in [4.78, 5) is 31.5. The highest BCUT2D eigenvalue weighted by Gasteiger charge is 2.22. The summed E-state index contributed by atoms with van der Waals surface area (Å²) in [6.07, 6.45) is 3.05. The molecule has 44 heavy (non-hydrogen) atoms. The van der Waals surface area contributed by atoms with Gasteiger partial charge < -0.3 is 19.9 Å². The Labute approximate surface area is 259 Å². The topological polar surface area (TPSA) is 123 Å². The van der Waals surface area contributed by atoms with Gasteiger partial charge in [-0.1, -0.05) is 24.3 Å². The number of anilines is 2. The Kier molecular flexibility index (Phi) is 8.56. The average Bonchev–Trinajstić information content (AvgIpc) is 3.57. The molecule has 228 valence electrons. The first kappa shape index (κ1) is 30.0. The molecule has 1 aliphatic heterocycles. The second-order valence-electron chi connectivity index (χ2n) is 11.0. The molecule has 1 N–H and O–H groups in total. The summed E-state index contributed by atoms with van der Waals surface area (Å²) in [7, 11) is 2.21. The molecular formula is C31H33N7O4S2. The fraction of sp³-hybridized carbons (Fsp3) is 0.290. The first-order chi connectivity index (χ1) is 21.2. The summed E-state index contributed by atoms with van der Waals surface area (Å²) < 4.78 is 34.0. The quantitative estimate of drug-likeness (QED) is 0.255. The van der Waals surface area contributed by atoms with E-state index >= 15 is 0 Å². The van der Waals surface area contributed by atoms with Gasteiger partial charge in [0.2, 0.25) is 15.8 Å². The molecular weight excluding hydrogens is 599 g/mol. The molecule has 1 unspecified atom stereocenters. The predicted octanol–water partition coefficient (Wildman–Crippen LogP) is 4.06. The van der Waals surface area contributed by atoms with Gasteiger partial charge in [-0.2, -0.15) is 4.98 Å². The Hall–Kier alpha value is -4.01. The van der Waals surface area contributed by atoms with Crippen molar-refractivity contribution in [1.82, 2.24) is 29.3 Å². The lowest BCUT2D eigenvalue weighted by molar-refractivity contribution is -0.0208. The number of nitrogens with one attached hydrogen (secondary N) is 1. The summed E-state index contributed by atoms with van der Waals surface area (Å²) in [6.45, 7) is 3.47. The second-order valence-corrected chi connectivity index (χ2v) is 14.1. The zero-order chi connectivity index (χ0) is 30.8. The van der Waals surface area contributed by atoms with Crippen molar-refractivity contribution in [2.75, 3.05) is 52.7 Å². The monoisotopic (exact) mass is 631 g/mol. The maximum Gasteiger partial charge on any atom is 0.260 e. The van der Waals surface area contributed by atoms with Crippen LogP contribution in [0.5, 0.6) is 0 Å². The van der Waals surface area contributed by atoms with Gasteiger partial charge >= 0.3 is 0 Å². The molecule has 1 atom stereocenters. The smallest absolute Gasteiger partial charge is 0.260 e. The van der Waals surface area contributed by atoms with E-state index in [0.717, 1.165) is 35.7 Å². The van der Waals surface area contributed by atoms with Gasteiger partial charge in [0.1, 0.15) is 9.86 Å². The van der Waals surface area contributed by atoms with E-state index < -0.39 is 9.84 Å². The number of sulfone groups is 1. The molecule has 6 rings (SSSR count). The molecule has 1 aliphatic rings. The lowest BCUT2D eigenvalue weighted by atomic mass is 10.1. The van der Waals surface area contributed by atoms with E-state index in [-0.39, 0.29) is 20.8 Å². The molecule has 13 heteroatoms. The highest BCUT2D eigenvalue weighted by atomic mass is 32.2. The minimum Gasteiger partial charge on any atom is -0.371 e. The summed E-state index contributed by atoms with van der Waals surface area (Å²) in [5.74, 6) is 0.363. The van der Waals surface area contributed by atoms with Crippen LogP contribution in [0.1, 0.15) is 11.7 Å². The third kappa shape index (κ3) is 6.28. The Bertz CT molecular complexity index is 1940. The molecule has 3 aromatic heterocycles. The van der Waals surface area contributed by atoms with Crippen molar-refractivity contribution in [3.05, 3.63) is 88.4 Å². The minimum absolute atomic E-state index is 0.0357. The normalized spacial score (nSPS) is 16.0. The van der Waals surface area contributed by atoms with Crippen LogP contribution in [0, 0.1) is 0 Å². The Morgan fingerprint density at radius 1 is 1.11 bits per heavy atom.